The molecule has 25 heavy (non-hydrogen) atoms. The highest BCUT2D eigenvalue weighted by Gasteiger charge is 2.18. The third kappa shape index (κ3) is 4.60. The van der Waals surface area contributed by atoms with Gasteiger partial charge in [-0.15, -0.1) is 10.2 Å². The number of nitrogens with one attached hydrogen (secondary N) is 1. The molecule has 1 N–H and O–H groups in total. The van der Waals surface area contributed by atoms with Gasteiger partial charge in [-0.1, -0.05) is 11.8 Å². The van der Waals surface area contributed by atoms with E-state index in [1.165, 1.54) is 18.2 Å². The van der Waals surface area contributed by atoms with Gasteiger partial charge in [0.1, 0.15) is 6.33 Å². The maximum absolute atomic E-state index is 12.4. The van der Waals surface area contributed by atoms with Crippen molar-refractivity contribution in [3.8, 4) is 0 Å². The minimum atomic E-state index is -0.122. The van der Waals surface area contributed by atoms with E-state index in [9.17, 15) is 9.59 Å². The molecular weight excluding hydrogens is 338 g/mol. The van der Waals surface area contributed by atoms with Crippen LogP contribution < -0.4 is 5.32 Å². The predicted octanol–water partition coefficient (Wildman–Crippen LogP) is 2.17. The van der Waals surface area contributed by atoms with Crippen molar-refractivity contribution in [3.63, 3.8) is 0 Å². The van der Waals surface area contributed by atoms with Gasteiger partial charge in [-0.05, 0) is 43.5 Å². The smallest absolute Gasteiger partial charge is 0.253 e. The molecule has 1 fully saturated rings. The molecule has 0 bridgehead atoms. The molecule has 1 aliphatic heterocycles. The maximum atomic E-state index is 12.4. The summed E-state index contributed by atoms with van der Waals surface area (Å²) >= 11 is 1.32. The monoisotopic (exact) mass is 359 g/mol. The number of likely N-dealkylation sites (tertiary alicyclic amines) is 1. The van der Waals surface area contributed by atoms with Gasteiger partial charge >= 0.3 is 0 Å². The van der Waals surface area contributed by atoms with Crippen LogP contribution in [0.25, 0.3) is 0 Å². The number of piperidine rings is 1. The van der Waals surface area contributed by atoms with Crippen molar-refractivity contribution in [3.05, 3.63) is 36.2 Å². The molecule has 1 aromatic carbocycles. The second-order valence-corrected chi connectivity index (χ2v) is 6.93. The van der Waals surface area contributed by atoms with Gasteiger partial charge in [0.25, 0.3) is 5.91 Å². The lowest BCUT2D eigenvalue weighted by atomic mass is 10.1. The quantitative estimate of drug-likeness (QED) is 0.828. The average Bonchev–Trinajstić information content (AvgIpc) is 3.06. The molecular formula is C17H21N5O2S. The normalized spacial score (nSPS) is 14.4. The molecule has 0 unspecified atom stereocenters. The summed E-state index contributed by atoms with van der Waals surface area (Å²) in [5, 5.41) is 11.2. The first kappa shape index (κ1) is 17.5. The Morgan fingerprint density at radius 2 is 1.88 bits per heavy atom. The molecule has 3 rings (SSSR count). The lowest BCUT2D eigenvalue weighted by Gasteiger charge is -2.26. The minimum Gasteiger partial charge on any atom is -0.339 e. The highest BCUT2D eigenvalue weighted by molar-refractivity contribution is 7.99. The maximum Gasteiger partial charge on any atom is 0.253 e. The Morgan fingerprint density at radius 1 is 1.16 bits per heavy atom. The molecule has 1 aliphatic rings. The Balaban J connectivity index is 1.52. The van der Waals surface area contributed by atoms with Crippen LogP contribution in [0.5, 0.6) is 0 Å². The van der Waals surface area contributed by atoms with Gasteiger partial charge in [-0.2, -0.15) is 0 Å². The topological polar surface area (TPSA) is 80.1 Å². The van der Waals surface area contributed by atoms with Crippen molar-refractivity contribution in [1.29, 1.82) is 0 Å². The fourth-order valence-corrected chi connectivity index (χ4v) is 3.39. The molecule has 0 radical (unpaired) electrons. The van der Waals surface area contributed by atoms with E-state index in [0.29, 0.717) is 16.4 Å². The molecule has 0 aliphatic carbocycles. The second-order valence-electron chi connectivity index (χ2n) is 5.99. The lowest BCUT2D eigenvalue weighted by Crippen LogP contribution is -2.35. The van der Waals surface area contributed by atoms with Crippen molar-refractivity contribution in [2.45, 2.75) is 24.4 Å². The average molecular weight is 359 g/mol. The number of aryl methyl sites for hydroxylation is 1. The molecule has 8 heteroatoms. The van der Waals surface area contributed by atoms with Crippen LogP contribution in [-0.2, 0) is 11.8 Å². The van der Waals surface area contributed by atoms with E-state index in [1.54, 1.807) is 35.2 Å². The van der Waals surface area contributed by atoms with E-state index in [4.69, 9.17) is 0 Å². The molecule has 1 saturated heterocycles. The van der Waals surface area contributed by atoms with Gasteiger partial charge < -0.3 is 14.8 Å². The lowest BCUT2D eigenvalue weighted by molar-refractivity contribution is -0.113. The summed E-state index contributed by atoms with van der Waals surface area (Å²) in [5.41, 5.74) is 1.34. The van der Waals surface area contributed by atoms with Crippen molar-refractivity contribution in [2.75, 3.05) is 24.2 Å². The Kier molecular flexibility index (Phi) is 5.70. The zero-order valence-corrected chi connectivity index (χ0v) is 15.0. The number of thioether (sulfide) groups is 1. The summed E-state index contributed by atoms with van der Waals surface area (Å²) in [6.07, 6.45) is 4.94. The zero-order valence-electron chi connectivity index (χ0n) is 14.1. The van der Waals surface area contributed by atoms with E-state index in [2.05, 4.69) is 15.5 Å². The zero-order chi connectivity index (χ0) is 17.6. The first-order valence-corrected chi connectivity index (χ1v) is 9.28. The van der Waals surface area contributed by atoms with Crippen molar-refractivity contribution in [2.24, 2.45) is 7.05 Å². The van der Waals surface area contributed by atoms with Crippen molar-refractivity contribution < 1.29 is 9.59 Å². The van der Waals surface area contributed by atoms with Crippen LogP contribution >= 0.6 is 11.8 Å². The molecule has 1 aromatic heterocycles. The van der Waals surface area contributed by atoms with E-state index >= 15 is 0 Å². The molecule has 2 heterocycles. The molecule has 2 amide bonds. The highest BCUT2D eigenvalue weighted by Crippen LogP contribution is 2.17. The van der Waals surface area contributed by atoms with Crippen LogP contribution in [0.1, 0.15) is 29.6 Å². The number of rotatable bonds is 5. The summed E-state index contributed by atoms with van der Waals surface area (Å²) in [6, 6.07) is 7.06. The first-order chi connectivity index (χ1) is 12.1. The van der Waals surface area contributed by atoms with Gasteiger partial charge in [0, 0.05) is 31.4 Å². The van der Waals surface area contributed by atoms with Crippen LogP contribution in [0.4, 0.5) is 5.69 Å². The number of benzene rings is 1. The Labute approximate surface area is 150 Å². The summed E-state index contributed by atoms with van der Waals surface area (Å²) < 4.78 is 1.76. The number of hydrogen-bond acceptors (Lipinski definition) is 5. The fourth-order valence-electron chi connectivity index (χ4n) is 2.71. The van der Waals surface area contributed by atoms with Crippen LogP contribution in [0.15, 0.2) is 35.7 Å². The predicted molar refractivity (Wildman–Crippen MR) is 96.6 cm³/mol. The van der Waals surface area contributed by atoms with Gasteiger partial charge in [-0.25, -0.2) is 0 Å². The number of nitrogens with zero attached hydrogens (tertiary/aromatic N) is 4. The van der Waals surface area contributed by atoms with Crippen molar-refractivity contribution >= 4 is 29.3 Å². The van der Waals surface area contributed by atoms with Crippen molar-refractivity contribution in [1.82, 2.24) is 19.7 Å². The van der Waals surface area contributed by atoms with Crippen LogP contribution in [0, 0.1) is 0 Å². The summed E-state index contributed by atoms with van der Waals surface area (Å²) in [4.78, 5) is 26.3. The summed E-state index contributed by atoms with van der Waals surface area (Å²) in [5.74, 6) is 0.194. The largest absolute Gasteiger partial charge is 0.339 e. The Hall–Kier alpha value is -2.35. The van der Waals surface area contributed by atoms with Gasteiger partial charge in [0.2, 0.25) is 5.91 Å². The van der Waals surface area contributed by atoms with Gasteiger partial charge in [0.05, 0.1) is 5.75 Å². The highest BCUT2D eigenvalue weighted by atomic mass is 32.2. The van der Waals surface area contributed by atoms with Gasteiger partial charge in [0.15, 0.2) is 5.16 Å². The summed E-state index contributed by atoms with van der Waals surface area (Å²) in [7, 11) is 1.83. The molecule has 0 saturated carbocycles. The van der Waals surface area contributed by atoms with Crippen LogP contribution in [0.3, 0.4) is 0 Å². The second kappa shape index (κ2) is 8.15. The minimum absolute atomic E-state index is 0.0652. The van der Waals surface area contributed by atoms with Gasteiger partial charge in [-0.3, -0.25) is 9.59 Å². The number of hydrogen-bond donors (Lipinski definition) is 1. The summed E-state index contributed by atoms with van der Waals surface area (Å²) in [6.45, 7) is 1.66. The number of amides is 2. The van der Waals surface area contributed by atoms with E-state index in [-0.39, 0.29) is 17.6 Å². The standard InChI is InChI=1S/C17H21N5O2S/c1-21-12-18-20-17(21)25-11-15(23)19-14-7-5-13(6-8-14)16(24)22-9-3-2-4-10-22/h5-8,12H,2-4,9-11H2,1H3,(H,19,23). The molecule has 7 nitrogen and oxygen atoms in total. The van der Waals surface area contributed by atoms with Crippen LogP contribution in [-0.4, -0.2) is 50.3 Å². The Bertz CT molecular complexity index is 738. The number of aromatic nitrogens is 3. The van der Waals surface area contributed by atoms with E-state index in [1.807, 2.05) is 11.9 Å². The Morgan fingerprint density at radius 3 is 2.52 bits per heavy atom. The molecule has 2 aromatic rings. The number of anilines is 1. The third-order valence-corrected chi connectivity index (χ3v) is 5.10. The first-order valence-electron chi connectivity index (χ1n) is 8.29. The van der Waals surface area contributed by atoms with E-state index < -0.39 is 0 Å². The van der Waals surface area contributed by atoms with Crippen LogP contribution in [0.2, 0.25) is 0 Å². The molecule has 0 spiro atoms. The SMILES string of the molecule is Cn1cnnc1SCC(=O)Nc1ccc(C(=O)N2CCCCC2)cc1. The molecule has 0 atom stereocenters. The number of carbonyl (C=O) groups is 2. The van der Waals surface area contributed by atoms with E-state index in [0.717, 1.165) is 25.9 Å². The molecule has 132 valence electrons. The third-order valence-electron chi connectivity index (χ3n) is 4.06. The fraction of sp³-hybridized carbons (Fsp3) is 0.412. The number of carbonyl (C=O) groups excluding carboxylic acids is 2.